The summed E-state index contributed by atoms with van der Waals surface area (Å²) in [6.45, 7) is 8.33. The molecular weight excluding hydrogens is 1370 g/mol. The zero-order valence-corrected chi connectivity index (χ0v) is 64.1. The van der Waals surface area contributed by atoms with Gasteiger partial charge in [0.25, 0.3) is 0 Å². The predicted molar refractivity (Wildman–Crippen MR) is 386 cm³/mol. The van der Waals surface area contributed by atoms with Crippen LogP contribution in [0, 0.1) is 23.7 Å². The molecule has 2 aromatic rings. The maximum absolute atomic E-state index is 15.8. The predicted octanol–water partition coefficient (Wildman–Crippen LogP) is 6.72. The molecule has 5 aliphatic rings. The van der Waals surface area contributed by atoms with Gasteiger partial charge in [-0.2, -0.15) is 13.2 Å². The molecule has 10 atom stereocenters. The van der Waals surface area contributed by atoms with Crippen molar-refractivity contribution in [3.05, 3.63) is 70.2 Å². The normalized spacial score (nSPS) is 26.6. The topological polar surface area (TPSA) is 270 Å². The van der Waals surface area contributed by atoms with Crippen molar-refractivity contribution in [3.63, 3.8) is 0 Å². The number of fused-ring (bicyclic) bond motifs is 1. The average Bonchev–Trinajstić information content (AvgIpc) is 1.07. The van der Waals surface area contributed by atoms with Crippen molar-refractivity contribution in [1.82, 2.24) is 60.0 Å². The summed E-state index contributed by atoms with van der Waals surface area (Å²) in [5.41, 5.74) is -1.86. The third-order valence-corrected chi connectivity index (χ3v) is 23.0. The van der Waals surface area contributed by atoms with Gasteiger partial charge in [0.15, 0.2) is 0 Å². The highest BCUT2D eigenvalue weighted by molar-refractivity contribution is 6.31. The molecule has 3 N–H and O–H groups in total. The second-order valence-electron chi connectivity index (χ2n) is 30.6. The first kappa shape index (κ1) is 83.4. The Bertz CT molecular complexity index is 3420. The largest absolute Gasteiger partial charge is 0.417 e. The molecule has 12 amide bonds. The number of amides is 12. The maximum atomic E-state index is 15.8. The van der Waals surface area contributed by atoms with Crippen molar-refractivity contribution in [3.8, 4) is 0 Å². The van der Waals surface area contributed by atoms with Gasteiger partial charge in [-0.1, -0.05) is 140 Å². The number of alkyl halides is 3. The first-order chi connectivity index (χ1) is 48.9. The summed E-state index contributed by atoms with van der Waals surface area (Å²) >= 11 is 6.20. The molecule has 2 saturated heterocycles. The molecule has 28 heteroatoms. The number of likely N-dealkylation sites (N-methyl/N-ethyl adjacent to an activating group) is 8. The summed E-state index contributed by atoms with van der Waals surface area (Å²) < 4.78 is 42.0. The molecular formula is C76H112ClF3N12O12. The molecule has 0 aromatic heterocycles. The average molecular weight is 1480 g/mol. The number of carbonyl (C=O) groups is 12. The number of halogens is 4. The SMILES string of the molecule is CC[C@H](C)[C@@H]1NC(=O)[C@H](CC(C)C)N(C)C(=O)C[C@@H](C(=O)N(C)C)N(C)C(=O)[C@H](C2CCCC2)N(C)C(=O)C2(CCCC2)NC(=O)[C@H](Cc2ccccc2)N(C)C(=O)[C@H](CCc2ccc(C(F)(F)F)c(Cl)c2)NC(=O)CN(C)C(=O)[C@H](CC2CCCCC2)N(C)C(=O)C2CCN2C(=O)[C@H](C)N(C)C1=O. The van der Waals surface area contributed by atoms with Crippen molar-refractivity contribution in [2.45, 2.75) is 236 Å². The van der Waals surface area contributed by atoms with E-state index in [1.54, 1.807) is 37.3 Å². The Hall–Kier alpha value is -7.84. The highest BCUT2D eigenvalue weighted by Crippen LogP contribution is 2.39. The smallest absolute Gasteiger partial charge is 0.347 e. The monoisotopic (exact) mass is 1480 g/mol. The Morgan fingerprint density at radius 1 is 0.654 bits per heavy atom. The fraction of sp³-hybridized carbons (Fsp3) is 0.684. The van der Waals surface area contributed by atoms with Crippen LogP contribution >= 0.6 is 11.6 Å². The van der Waals surface area contributed by atoms with Gasteiger partial charge in [-0.3, -0.25) is 57.5 Å². The van der Waals surface area contributed by atoms with Crippen LogP contribution in [0.4, 0.5) is 13.2 Å². The first-order valence-corrected chi connectivity index (χ1v) is 37.5. The van der Waals surface area contributed by atoms with E-state index in [4.69, 9.17) is 11.6 Å². The molecule has 7 rings (SSSR count). The number of hydrogen-bond acceptors (Lipinski definition) is 12. The molecule has 24 nitrogen and oxygen atoms in total. The van der Waals surface area contributed by atoms with Gasteiger partial charge in [-0.25, -0.2) is 0 Å². The Labute approximate surface area is 616 Å². The molecule has 2 heterocycles. The lowest BCUT2D eigenvalue weighted by Gasteiger charge is -2.45. The third kappa shape index (κ3) is 20.0. The third-order valence-electron chi connectivity index (χ3n) is 22.7. The minimum Gasteiger partial charge on any atom is -0.347 e. The van der Waals surface area contributed by atoms with E-state index in [2.05, 4.69) is 16.0 Å². The molecule has 104 heavy (non-hydrogen) atoms. The van der Waals surface area contributed by atoms with Crippen molar-refractivity contribution < 1.29 is 70.7 Å². The molecule has 3 aliphatic carbocycles. The molecule has 0 radical (unpaired) electrons. The molecule has 1 spiro atoms. The van der Waals surface area contributed by atoms with Gasteiger partial charge in [-0.15, -0.1) is 0 Å². The number of rotatable bonds is 13. The Morgan fingerprint density at radius 3 is 1.84 bits per heavy atom. The first-order valence-electron chi connectivity index (χ1n) is 37.1. The van der Waals surface area contributed by atoms with Crippen LogP contribution in [0.3, 0.4) is 0 Å². The number of nitrogens with one attached hydrogen (secondary N) is 3. The van der Waals surface area contributed by atoms with Crippen LogP contribution < -0.4 is 16.0 Å². The molecule has 3 saturated carbocycles. The van der Waals surface area contributed by atoms with Gasteiger partial charge in [0.05, 0.1) is 23.6 Å². The zero-order chi connectivity index (χ0) is 77.0. The van der Waals surface area contributed by atoms with Crippen LogP contribution in [-0.2, 0) is 76.6 Å². The number of hydrogen-bond donors (Lipinski definition) is 3. The van der Waals surface area contributed by atoms with Crippen molar-refractivity contribution in [2.24, 2.45) is 23.7 Å². The number of aryl methyl sites for hydroxylation is 1. The maximum Gasteiger partial charge on any atom is 0.417 e. The highest BCUT2D eigenvalue weighted by atomic mass is 35.5. The number of nitrogens with zero attached hydrogens (tertiary/aromatic N) is 9. The van der Waals surface area contributed by atoms with Crippen LogP contribution in [-0.4, -0.2) is 251 Å². The van der Waals surface area contributed by atoms with E-state index in [0.717, 1.165) is 66.9 Å². The molecule has 5 fully saturated rings. The Kier molecular flexibility index (Phi) is 29.2. The van der Waals surface area contributed by atoms with E-state index >= 15 is 24.0 Å². The fourth-order valence-electron chi connectivity index (χ4n) is 15.7. The van der Waals surface area contributed by atoms with E-state index in [0.29, 0.717) is 37.7 Å². The van der Waals surface area contributed by atoms with Gasteiger partial charge in [-0.05, 0) is 112 Å². The van der Waals surface area contributed by atoms with E-state index in [1.807, 2.05) is 20.8 Å². The van der Waals surface area contributed by atoms with Crippen molar-refractivity contribution in [2.75, 3.05) is 76.5 Å². The van der Waals surface area contributed by atoms with E-state index < -0.39 is 172 Å². The van der Waals surface area contributed by atoms with Crippen LogP contribution in [0.5, 0.6) is 0 Å². The summed E-state index contributed by atoms with van der Waals surface area (Å²) in [5, 5.41) is 8.19. The molecule has 2 aromatic carbocycles. The van der Waals surface area contributed by atoms with Crippen LogP contribution in [0.15, 0.2) is 48.5 Å². The Morgan fingerprint density at radius 2 is 1.27 bits per heavy atom. The number of carbonyl (C=O) groups excluding carboxylic acids is 12. The second kappa shape index (κ2) is 36.4. The van der Waals surface area contributed by atoms with Crippen LogP contribution in [0.2, 0.25) is 5.02 Å². The molecule has 1 unspecified atom stereocenters. The summed E-state index contributed by atoms with van der Waals surface area (Å²) in [4.78, 5) is 193. The molecule has 0 bridgehead atoms. The molecule has 576 valence electrons. The van der Waals surface area contributed by atoms with Gasteiger partial charge >= 0.3 is 6.18 Å². The van der Waals surface area contributed by atoms with Crippen LogP contribution in [0.25, 0.3) is 0 Å². The number of benzene rings is 2. The zero-order valence-electron chi connectivity index (χ0n) is 63.3. The van der Waals surface area contributed by atoms with E-state index in [-0.39, 0.29) is 75.3 Å². The summed E-state index contributed by atoms with van der Waals surface area (Å²) in [5.74, 6) is -9.17. The summed E-state index contributed by atoms with van der Waals surface area (Å²) in [6, 6.07) is 0.493. The lowest BCUT2D eigenvalue weighted by molar-refractivity contribution is -0.160. The van der Waals surface area contributed by atoms with Gasteiger partial charge in [0.1, 0.15) is 59.9 Å². The standard InChI is InChI=1S/C76H112ClF3N12O12/c1-15-47(4)63-72(102)86(9)48(5)67(97)92-39-36-56(92)71(101)89(12)59(43-50-28-20-17-21-29-50)70(100)85(8)45-61(93)81-55(35-33-51-32-34-53(54(77)41-51)76(78,79)80)68(98)88(11)58(42-49-26-18-16-19-27-49)66(96)83-75(37-24-25-38-75)74(104)91(14)64(52-30-22-23-31-52)73(103)90(13)60(69(99)84(6)7)44-62(94)87(10)57(40-46(2)3)65(95)82-63/h16,18-19,26-27,32,34,41,46-48,50,52,55-60,63-64H,15,17,20-25,28-31,33,35-40,42-45H2,1-14H3,(H,81,93)(H,82,95)(H,83,96)/t47-,48-,55-,56?,57-,58-,59-,60-,63-,64-/m0/s1. The van der Waals surface area contributed by atoms with Gasteiger partial charge in [0.2, 0.25) is 70.9 Å². The fourth-order valence-corrected chi connectivity index (χ4v) is 16.0. The highest BCUT2D eigenvalue weighted by Gasteiger charge is 2.52. The lowest BCUT2D eigenvalue weighted by atomic mass is 9.84. The van der Waals surface area contributed by atoms with Gasteiger partial charge in [0, 0.05) is 76.4 Å². The molecule has 2 aliphatic heterocycles. The minimum atomic E-state index is -4.78. The second-order valence-corrected chi connectivity index (χ2v) is 31.0. The van der Waals surface area contributed by atoms with E-state index in [1.165, 1.54) is 111 Å². The summed E-state index contributed by atoms with van der Waals surface area (Å²) in [6.07, 6.45) is 3.05. The van der Waals surface area contributed by atoms with Crippen molar-refractivity contribution >= 4 is 82.5 Å². The summed E-state index contributed by atoms with van der Waals surface area (Å²) in [7, 11) is 12.9. The minimum absolute atomic E-state index is 0.00586. The Balaban J connectivity index is 1.33. The van der Waals surface area contributed by atoms with Crippen LogP contribution in [0.1, 0.15) is 173 Å². The van der Waals surface area contributed by atoms with Gasteiger partial charge < -0.3 is 60.0 Å². The van der Waals surface area contributed by atoms with E-state index in [9.17, 15) is 46.7 Å². The lowest BCUT2D eigenvalue weighted by Crippen LogP contribution is -2.65. The van der Waals surface area contributed by atoms with Crippen molar-refractivity contribution in [1.29, 1.82) is 0 Å². The quantitative estimate of drug-likeness (QED) is 0.189.